The number of carbonyl (C=O) groups excluding carboxylic acids is 2. The van der Waals surface area contributed by atoms with E-state index in [4.69, 9.17) is 0 Å². The lowest BCUT2D eigenvalue weighted by Gasteiger charge is -2.09. The first kappa shape index (κ1) is 13.2. The second-order valence-electron chi connectivity index (χ2n) is 3.41. The molecule has 17 heavy (non-hydrogen) atoms. The van der Waals surface area contributed by atoms with Crippen LogP contribution in [-0.2, 0) is 14.3 Å². The van der Waals surface area contributed by atoms with E-state index in [2.05, 4.69) is 9.47 Å². The smallest absolute Gasteiger partial charge is 0.337 e. The number of hydrogen-bond acceptors (Lipinski definition) is 5. The van der Waals surface area contributed by atoms with Crippen LogP contribution in [0.2, 0.25) is 0 Å². The van der Waals surface area contributed by atoms with Crippen LogP contribution in [0.5, 0.6) is 0 Å². The molecule has 0 aliphatic heterocycles. The number of aliphatic hydroxyl groups excluding tert-OH is 1. The molecule has 0 heterocycles. The molecule has 0 aromatic heterocycles. The second-order valence-corrected chi connectivity index (χ2v) is 3.41. The molecule has 0 radical (unpaired) electrons. The predicted molar refractivity (Wildman–Crippen MR) is 59.4 cm³/mol. The van der Waals surface area contributed by atoms with Crippen LogP contribution in [-0.4, -0.2) is 31.3 Å². The normalized spacial score (nSPS) is 11.7. The van der Waals surface area contributed by atoms with Crippen molar-refractivity contribution in [3.63, 3.8) is 0 Å². The van der Waals surface area contributed by atoms with Gasteiger partial charge >= 0.3 is 11.9 Å². The van der Waals surface area contributed by atoms with E-state index >= 15 is 0 Å². The summed E-state index contributed by atoms with van der Waals surface area (Å²) in [6.45, 7) is 0. The molecule has 1 rings (SSSR count). The third kappa shape index (κ3) is 3.57. The molecule has 1 atom stereocenters. The van der Waals surface area contributed by atoms with Crippen LogP contribution in [0.15, 0.2) is 24.3 Å². The van der Waals surface area contributed by atoms with Gasteiger partial charge in [0, 0.05) is 0 Å². The average molecular weight is 238 g/mol. The van der Waals surface area contributed by atoms with Crippen LogP contribution in [0.1, 0.15) is 28.4 Å². The molecule has 1 aromatic rings. The number of rotatable bonds is 4. The third-order valence-electron chi connectivity index (χ3n) is 2.30. The van der Waals surface area contributed by atoms with Gasteiger partial charge in [0.2, 0.25) is 0 Å². The van der Waals surface area contributed by atoms with E-state index < -0.39 is 18.0 Å². The van der Waals surface area contributed by atoms with Crippen molar-refractivity contribution < 1.29 is 24.2 Å². The Kier molecular flexibility index (Phi) is 4.66. The predicted octanol–water partition coefficient (Wildman–Crippen LogP) is 1.07. The van der Waals surface area contributed by atoms with E-state index in [0.29, 0.717) is 11.1 Å². The fraction of sp³-hybridized carbons (Fsp3) is 0.333. The molecular formula is C12H14O5. The molecule has 0 fully saturated rings. The summed E-state index contributed by atoms with van der Waals surface area (Å²) < 4.78 is 8.99. The monoisotopic (exact) mass is 238 g/mol. The molecule has 5 nitrogen and oxygen atoms in total. The summed E-state index contributed by atoms with van der Waals surface area (Å²) in [6, 6.07) is 6.20. The van der Waals surface area contributed by atoms with Gasteiger partial charge in [-0.05, 0) is 17.7 Å². The van der Waals surface area contributed by atoms with Gasteiger partial charge in [-0.1, -0.05) is 12.1 Å². The molecule has 0 amide bonds. The lowest BCUT2D eigenvalue weighted by atomic mass is 10.0. The maximum atomic E-state index is 11.2. The minimum absolute atomic E-state index is 0.117. The van der Waals surface area contributed by atoms with Crippen LogP contribution < -0.4 is 0 Å². The molecule has 0 saturated heterocycles. The third-order valence-corrected chi connectivity index (χ3v) is 2.30. The van der Waals surface area contributed by atoms with Gasteiger partial charge in [0.25, 0.3) is 0 Å². The van der Waals surface area contributed by atoms with Crippen molar-refractivity contribution >= 4 is 11.9 Å². The van der Waals surface area contributed by atoms with Gasteiger partial charge in [0.05, 0.1) is 32.3 Å². The second kappa shape index (κ2) is 6.00. The first-order valence-corrected chi connectivity index (χ1v) is 5.01. The minimum atomic E-state index is -0.936. The van der Waals surface area contributed by atoms with E-state index in [-0.39, 0.29) is 6.42 Å². The lowest BCUT2D eigenvalue weighted by Crippen LogP contribution is -2.08. The molecule has 5 heteroatoms. The molecule has 0 bridgehead atoms. The summed E-state index contributed by atoms with van der Waals surface area (Å²) >= 11 is 0. The highest BCUT2D eigenvalue weighted by molar-refractivity contribution is 5.89. The Morgan fingerprint density at radius 1 is 1.18 bits per heavy atom. The number of aliphatic hydroxyl groups is 1. The highest BCUT2D eigenvalue weighted by Gasteiger charge is 2.14. The molecular weight excluding hydrogens is 224 g/mol. The Bertz CT molecular complexity index is 396. The van der Waals surface area contributed by atoms with Crippen molar-refractivity contribution in [2.75, 3.05) is 14.2 Å². The number of benzene rings is 1. The standard InChI is InChI=1S/C12H14O5/c1-16-11(14)7-10(13)8-3-5-9(6-4-8)12(15)17-2/h3-6,10,13H,7H2,1-2H3/t10-/m1/s1. The number of esters is 2. The van der Waals surface area contributed by atoms with Crippen LogP contribution in [0.3, 0.4) is 0 Å². The van der Waals surface area contributed by atoms with Crippen molar-refractivity contribution in [1.29, 1.82) is 0 Å². The Morgan fingerprint density at radius 2 is 1.76 bits per heavy atom. The van der Waals surface area contributed by atoms with E-state index in [0.717, 1.165) is 0 Å². The van der Waals surface area contributed by atoms with E-state index in [9.17, 15) is 14.7 Å². The molecule has 0 saturated carbocycles. The minimum Gasteiger partial charge on any atom is -0.469 e. The Labute approximate surface area is 99.0 Å². The van der Waals surface area contributed by atoms with Crippen molar-refractivity contribution in [3.05, 3.63) is 35.4 Å². The van der Waals surface area contributed by atoms with E-state index in [1.54, 1.807) is 12.1 Å². The zero-order valence-corrected chi connectivity index (χ0v) is 9.67. The number of carbonyl (C=O) groups is 2. The molecule has 0 aliphatic carbocycles. The number of methoxy groups -OCH3 is 2. The maximum absolute atomic E-state index is 11.2. The number of ether oxygens (including phenoxy) is 2. The molecule has 92 valence electrons. The first-order chi connectivity index (χ1) is 8.08. The SMILES string of the molecule is COC(=O)C[C@@H](O)c1ccc(C(=O)OC)cc1. The molecule has 0 unspecified atom stereocenters. The van der Waals surface area contributed by atoms with Crippen LogP contribution in [0.25, 0.3) is 0 Å². The molecule has 0 spiro atoms. The van der Waals surface area contributed by atoms with Crippen LogP contribution in [0.4, 0.5) is 0 Å². The lowest BCUT2D eigenvalue weighted by molar-refractivity contribution is -0.142. The Morgan fingerprint density at radius 3 is 2.24 bits per heavy atom. The van der Waals surface area contributed by atoms with Gasteiger partial charge in [0.1, 0.15) is 0 Å². The summed E-state index contributed by atoms with van der Waals surface area (Å²) in [5.41, 5.74) is 0.935. The van der Waals surface area contributed by atoms with Crippen molar-refractivity contribution in [2.45, 2.75) is 12.5 Å². The zero-order valence-electron chi connectivity index (χ0n) is 9.67. The summed E-state index contributed by atoms with van der Waals surface area (Å²) in [4.78, 5) is 22.1. The Balaban J connectivity index is 2.73. The summed E-state index contributed by atoms with van der Waals surface area (Å²) in [5, 5.41) is 9.69. The van der Waals surface area contributed by atoms with Gasteiger partial charge < -0.3 is 14.6 Å². The fourth-order valence-corrected chi connectivity index (χ4v) is 1.32. The van der Waals surface area contributed by atoms with Gasteiger partial charge in [0.15, 0.2) is 0 Å². The Hall–Kier alpha value is -1.88. The fourth-order valence-electron chi connectivity index (χ4n) is 1.32. The van der Waals surface area contributed by atoms with Crippen molar-refractivity contribution in [3.8, 4) is 0 Å². The number of hydrogen-bond donors (Lipinski definition) is 1. The van der Waals surface area contributed by atoms with E-state index in [1.165, 1.54) is 26.4 Å². The molecule has 1 aromatic carbocycles. The zero-order chi connectivity index (χ0) is 12.8. The molecule has 0 aliphatic rings. The van der Waals surface area contributed by atoms with Gasteiger partial charge in [-0.2, -0.15) is 0 Å². The van der Waals surface area contributed by atoms with Crippen molar-refractivity contribution in [1.82, 2.24) is 0 Å². The highest BCUT2D eigenvalue weighted by Crippen LogP contribution is 2.17. The van der Waals surface area contributed by atoms with Gasteiger partial charge in [-0.15, -0.1) is 0 Å². The first-order valence-electron chi connectivity index (χ1n) is 5.01. The molecule has 1 N–H and O–H groups in total. The van der Waals surface area contributed by atoms with Gasteiger partial charge in [-0.3, -0.25) is 4.79 Å². The highest BCUT2D eigenvalue weighted by atomic mass is 16.5. The van der Waals surface area contributed by atoms with Crippen LogP contribution >= 0.6 is 0 Å². The summed E-state index contributed by atoms with van der Waals surface area (Å²) in [5.74, 6) is -0.937. The topological polar surface area (TPSA) is 72.8 Å². The average Bonchev–Trinajstić information content (AvgIpc) is 2.37. The van der Waals surface area contributed by atoms with Crippen molar-refractivity contribution in [2.24, 2.45) is 0 Å². The quantitative estimate of drug-likeness (QED) is 0.794. The summed E-state index contributed by atoms with van der Waals surface area (Å²) in [7, 11) is 2.55. The van der Waals surface area contributed by atoms with E-state index in [1.807, 2.05) is 0 Å². The summed E-state index contributed by atoms with van der Waals surface area (Å²) in [6.07, 6.45) is -1.05. The largest absolute Gasteiger partial charge is 0.469 e. The maximum Gasteiger partial charge on any atom is 0.337 e. The van der Waals surface area contributed by atoms with Gasteiger partial charge in [-0.25, -0.2) is 4.79 Å². The van der Waals surface area contributed by atoms with Crippen LogP contribution in [0, 0.1) is 0 Å².